The molecule has 0 radical (unpaired) electrons. The summed E-state index contributed by atoms with van der Waals surface area (Å²) in [7, 11) is 1.57. The summed E-state index contributed by atoms with van der Waals surface area (Å²) in [6.45, 7) is 6.26. The van der Waals surface area contributed by atoms with Crippen LogP contribution >= 0.6 is 0 Å². The Hall–Kier alpha value is -0.120. The van der Waals surface area contributed by atoms with Crippen LogP contribution in [-0.4, -0.2) is 30.7 Å². The van der Waals surface area contributed by atoms with Crippen molar-refractivity contribution in [3.63, 3.8) is 0 Å². The van der Waals surface area contributed by atoms with Crippen LogP contribution in [0.3, 0.4) is 0 Å². The van der Waals surface area contributed by atoms with Crippen LogP contribution in [0.5, 0.6) is 0 Å². The highest BCUT2D eigenvalue weighted by atomic mass is 16.7. The van der Waals surface area contributed by atoms with Crippen molar-refractivity contribution < 1.29 is 14.6 Å². The second kappa shape index (κ2) is 4.40. The van der Waals surface area contributed by atoms with Gasteiger partial charge in [-0.2, -0.15) is 0 Å². The van der Waals surface area contributed by atoms with E-state index in [0.29, 0.717) is 5.92 Å². The fourth-order valence-corrected chi connectivity index (χ4v) is 1.94. The zero-order valence-electron chi connectivity index (χ0n) is 8.86. The average molecular weight is 188 g/mol. The van der Waals surface area contributed by atoms with Gasteiger partial charge in [0.25, 0.3) is 0 Å². The minimum atomic E-state index is -0.497. The highest BCUT2D eigenvalue weighted by Gasteiger charge is 2.39. The Balaban J connectivity index is 2.66. The van der Waals surface area contributed by atoms with E-state index in [1.807, 2.05) is 6.92 Å². The Bertz CT molecular complexity index is 140. The molecule has 1 N–H and O–H groups in total. The number of hydrogen-bond acceptors (Lipinski definition) is 3. The first-order valence-corrected chi connectivity index (χ1v) is 4.98. The predicted octanol–water partition coefficient (Wildman–Crippen LogP) is 1.40. The van der Waals surface area contributed by atoms with Crippen molar-refractivity contribution in [2.24, 2.45) is 11.8 Å². The average Bonchev–Trinajstić information content (AvgIpc) is 2.15. The Morgan fingerprint density at radius 2 is 1.92 bits per heavy atom. The lowest BCUT2D eigenvalue weighted by Gasteiger charge is -2.41. The Kier molecular flexibility index (Phi) is 3.71. The van der Waals surface area contributed by atoms with Gasteiger partial charge in [-0.25, -0.2) is 0 Å². The van der Waals surface area contributed by atoms with E-state index in [-0.39, 0.29) is 12.0 Å². The molecule has 1 aliphatic heterocycles. The third kappa shape index (κ3) is 2.03. The van der Waals surface area contributed by atoms with Crippen LogP contribution in [0, 0.1) is 11.8 Å². The molecule has 0 aromatic heterocycles. The molecule has 0 bridgehead atoms. The van der Waals surface area contributed by atoms with E-state index in [1.54, 1.807) is 7.11 Å². The van der Waals surface area contributed by atoms with Gasteiger partial charge in [-0.05, 0) is 18.3 Å². The lowest BCUT2D eigenvalue weighted by molar-refractivity contribution is -0.261. The Morgan fingerprint density at radius 1 is 1.31 bits per heavy atom. The molecule has 1 aliphatic rings. The van der Waals surface area contributed by atoms with Gasteiger partial charge in [-0.3, -0.25) is 0 Å². The highest BCUT2D eigenvalue weighted by molar-refractivity contribution is 4.83. The minimum absolute atomic E-state index is 0.211. The molecule has 1 heterocycles. The van der Waals surface area contributed by atoms with Gasteiger partial charge in [0, 0.05) is 7.11 Å². The van der Waals surface area contributed by atoms with Crippen LogP contribution in [0.15, 0.2) is 0 Å². The van der Waals surface area contributed by atoms with Crippen molar-refractivity contribution in [2.75, 3.05) is 7.11 Å². The first-order chi connectivity index (χ1) is 6.11. The summed E-state index contributed by atoms with van der Waals surface area (Å²) in [6.07, 6.45) is 0.236. The summed E-state index contributed by atoms with van der Waals surface area (Å²) in [4.78, 5) is 0. The molecule has 0 aromatic rings. The maximum absolute atomic E-state index is 9.77. The van der Waals surface area contributed by atoms with E-state index in [2.05, 4.69) is 13.8 Å². The first kappa shape index (κ1) is 11.0. The van der Waals surface area contributed by atoms with Gasteiger partial charge in [0.2, 0.25) is 0 Å². The number of hydrogen-bond donors (Lipinski definition) is 1. The maximum atomic E-state index is 9.77. The van der Waals surface area contributed by atoms with E-state index in [4.69, 9.17) is 9.47 Å². The number of ether oxygens (including phenoxy) is 2. The minimum Gasteiger partial charge on any atom is -0.388 e. The molecule has 0 amide bonds. The van der Waals surface area contributed by atoms with Gasteiger partial charge >= 0.3 is 0 Å². The Labute approximate surface area is 80.0 Å². The van der Waals surface area contributed by atoms with Gasteiger partial charge < -0.3 is 14.6 Å². The van der Waals surface area contributed by atoms with Crippen LogP contribution in [-0.2, 0) is 9.47 Å². The Morgan fingerprint density at radius 3 is 2.38 bits per heavy atom. The van der Waals surface area contributed by atoms with Crippen molar-refractivity contribution in [3.05, 3.63) is 0 Å². The van der Waals surface area contributed by atoms with Gasteiger partial charge in [0.05, 0.1) is 6.10 Å². The number of rotatable bonds is 2. The topological polar surface area (TPSA) is 38.7 Å². The molecule has 1 saturated heterocycles. The fraction of sp³-hybridized carbons (Fsp3) is 1.00. The summed E-state index contributed by atoms with van der Waals surface area (Å²) < 4.78 is 10.7. The lowest BCUT2D eigenvalue weighted by atomic mass is 9.83. The summed E-state index contributed by atoms with van der Waals surface area (Å²) >= 11 is 0. The summed E-state index contributed by atoms with van der Waals surface area (Å²) in [5, 5.41) is 9.77. The second-order valence-corrected chi connectivity index (χ2v) is 3.90. The number of aliphatic hydroxyl groups is 1. The summed E-state index contributed by atoms with van der Waals surface area (Å²) in [5.41, 5.74) is 0. The van der Waals surface area contributed by atoms with Gasteiger partial charge in [0.1, 0.15) is 6.10 Å². The van der Waals surface area contributed by atoms with Crippen LogP contribution in [0.25, 0.3) is 0 Å². The van der Waals surface area contributed by atoms with Crippen molar-refractivity contribution in [1.29, 1.82) is 0 Å². The van der Waals surface area contributed by atoms with Crippen LogP contribution in [0.4, 0.5) is 0 Å². The lowest BCUT2D eigenvalue weighted by Crippen LogP contribution is -2.49. The summed E-state index contributed by atoms with van der Waals surface area (Å²) in [6, 6.07) is 0. The van der Waals surface area contributed by atoms with Gasteiger partial charge in [0.15, 0.2) is 6.29 Å². The molecule has 3 nitrogen and oxygen atoms in total. The monoisotopic (exact) mass is 188 g/mol. The summed E-state index contributed by atoms with van der Waals surface area (Å²) in [5.74, 6) is 0.634. The fourth-order valence-electron chi connectivity index (χ4n) is 1.94. The standard InChI is InChI=1S/C10H20O3/c1-5-8-6(2)7(3)9(11)10(12-4)13-8/h6-11H,5H2,1-4H3. The molecule has 3 heteroatoms. The van der Waals surface area contributed by atoms with Gasteiger partial charge in [-0.1, -0.05) is 20.8 Å². The predicted molar refractivity (Wildman–Crippen MR) is 50.3 cm³/mol. The first-order valence-electron chi connectivity index (χ1n) is 4.98. The molecule has 0 saturated carbocycles. The molecule has 13 heavy (non-hydrogen) atoms. The molecule has 1 rings (SSSR count). The van der Waals surface area contributed by atoms with Crippen LogP contribution in [0.2, 0.25) is 0 Å². The third-order valence-electron chi connectivity index (χ3n) is 3.18. The molecule has 0 aromatic carbocycles. The smallest absolute Gasteiger partial charge is 0.183 e. The maximum Gasteiger partial charge on any atom is 0.183 e. The van der Waals surface area contributed by atoms with E-state index in [9.17, 15) is 5.11 Å². The van der Waals surface area contributed by atoms with Crippen molar-refractivity contribution in [1.82, 2.24) is 0 Å². The molecule has 1 fully saturated rings. The number of methoxy groups -OCH3 is 1. The molecular formula is C10H20O3. The molecule has 0 spiro atoms. The van der Waals surface area contributed by atoms with Crippen molar-refractivity contribution in [2.45, 2.75) is 45.7 Å². The van der Waals surface area contributed by atoms with Gasteiger partial charge in [-0.15, -0.1) is 0 Å². The van der Waals surface area contributed by atoms with E-state index < -0.39 is 12.4 Å². The van der Waals surface area contributed by atoms with Crippen LogP contribution in [0.1, 0.15) is 27.2 Å². The van der Waals surface area contributed by atoms with Crippen molar-refractivity contribution >= 4 is 0 Å². The molecule has 0 aliphatic carbocycles. The SMILES string of the molecule is CCC1OC(OC)C(O)C(C)C1C. The molecular weight excluding hydrogens is 168 g/mol. The zero-order chi connectivity index (χ0) is 10.0. The second-order valence-electron chi connectivity index (χ2n) is 3.90. The van der Waals surface area contributed by atoms with E-state index >= 15 is 0 Å². The van der Waals surface area contributed by atoms with E-state index in [1.165, 1.54) is 0 Å². The van der Waals surface area contributed by atoms with Crippen LogP contribution < -0.4 is 0 Å². The largest absolute Gasteiger partial charge is 0.388 e. The molecule has 5 unspecified atom stereocenters. The number of aliphatic hydroxyl groups excluding tert-OH is 1. The normalized spacial score (nSPS) is 46.4. The quantitative estimate of drug-likeness (QED) is 0.712. The highest BCUT2D eigenvalue weighted by Crippen LogP contribution is 2.32. The molecule has 5 atom stereocenters. The third-order valence-corrected chi connectivity index (χ3v) is 3.18. The zero-order valence-corrected chi connectivity index (χ0v) is 8.86. The van der Waals surface area contributed by atoms with Crippen molar-refractivity contribution in [3.8, 4) is 0 Å². The van der Waals surface area contributed by atoms with E-state index in [0.717, 1.165) is 6.42 Å². The molecule has 78 valence electrons.